The van der Waals surface area contributed by atoms with E-state index in [2.05, 4.69) is 17.2 Å². The Kier molecular flexibility index (Phi) is 3.70. The number of benzene rings is 1. The molecule has 0 aromatic heterocycles. The van der Waals surface area contributed by atoms with Crippen LogP contribution in [0.3, 0.4) is 0 Å². The lowest BCUT2D eigenvalue weighted by Crippen LogP contribution is -2.14. The summed E-state index contributed by atoms with van der Waals surface area (Å²) >= 11 is 0. The van der Waals surface area contributed by atoms with Gasteiger partial charge >= 0.3 is 0 Å². The van der Waals surface area contributed by atoms with Crippen molar-refractivity contribution < 1.29 is 9.90 Å². The Morgan fingerprint density at radius 3 is 2.56 bits per heavy atom. The van der Waals surface area contributed by atoms with E-state index in [0.717, 1.165) is 0 Å². The summed E-state index contributed by atoms with van der Waals surface area (Å²) in [6.45, 7) is 4.67. The quantitative estimate of drug-likeness (QED) is 0.704. The summed E-state index contributed by atoms with van der Waals surface area (Å²) in [5.41, 5.74) is 0.315. The van der Waals surface area contributed by atoms with Gasteiger partial charge in [0.1, 0.15) is 5.60 Å². The lowest BCUT2D eigenvalue weighted by Gasteiger charge is -2.07. The summed E-state index contributed by atoms with van der Waals surface area (Å²) in [5.74, 6) is 5.41. The summed E-state index contributed by atoms with van der Waals surface area (Å²) in [6.07, 6.45) is 0. The molecule has 1 amide bonds. The number of aliphatic hydroxyl groups is 1. The van der Waals surface area contributed by atoms with Crippen LogP contribution in [-0.4, -0.2) is 16.6 Å². The van der Waals surface area contributed by atoms with Crippen molar-refractivity contribution in [2.45, 2.75) is 26.4 Å². The van der Waals surface area contributed by atoms with Gasteiger partial charge in [0, 0.05) is 12.5 Å². The van der Waals surface area contributed by atoms with Crippen molar-refractivity contribution in [1.82, 2.24) is 0 Å². The molecule has 0 bridgehead atoms. The van der Waals surface area contributed by atoms with Crippen molar-refractivity contribution >= 4 is 11.6 Å². The maximum absolute atomic E-state index is 11.0. The zero-order chi connectivity index (χ0) is 12.2. The molecular weight excluding hydrogens is 202 g/mol. The van der Waals surface area contributed by atoms with E-state index in [-0.39, 0.29) is 5.91 Å². The number of amides is 1. The second-order valence-electron chi connectivity index (χ2n) is 4.04. The van der Waals surface area contributed by atoms with Gasteiger partial charge in [0.25, 0.3) is 0 Å². The molecule has 0 aliphatic carbocycles. The van der Waals surface area contributed by atoms with Gasteiger partial charge in [0.15, 0.2) is 0 Å². The first kappa shape index (κ1) is 12.3. The lowest BCUT2D eigenvalue weighted by molar-refractivity contribution is -0.114. The van der Waals surface area contributed by atoms with Crippen LogP contribution in [0.15, 0.2) is 24.3 Å². The molecule has 0 aliphatic rings. The molecular formula is C13H15NO2. The van der Waals surface area contributed by atoms with E-state index in [9.17, 15) is 9.90 Å². The molecule has 0 fully saturated rings. The van der Waals surface area contributed by atoms with Crippen LogP contribution in [0.4, 0.5) is 5.69 Å². The Morgan fingerprint density at radius 2 is 2.00 bits per heavy atom. The highest BCUT2D eigenvalue weighted by molar-refractivity contribution is 5.90. The highest BCUT2D eigenvalue weighted by Gasteiger charge is 2.06. The molecule has 3 nitrogen and oxygen atoms in total. The summed E-state index contributed by atoms with van der Waals surface area (Å²) in [6, 6.07) is 7.22. The number of rotatable bonds is 1. The summed E-state index contributed by atoms with van der Waals surface area (Å²) in [7, 11) is 0. The Labute approximate surface area is 95.5 Å². The van der Waals surface area contributed by atoms with Crippen molar-refractivity contribution in [2.75, 3.05) is 5.32 Å². The van der Waals surface area contributed by atoms with E-state index in [1.165, 1.54) is 6.92 Å². The Morgan fingerprint density at radius 1 is 1.38 bits per heavy atom. The van der Waals surface area contributed by atoms with Gasteiger partial charge in [-0.2, -0.15) is 0 Å². The Bertz CT molecular complexity index is 447. The maximum atomic E-state index is 11.0. The van der Waals surface area contributed by atoms with Crippen molar-refractivity contribution in [3.05, 3.63) is 29.8 Å². The van der Waals surface area contributed by atoms with Gasteiger partial charge in [0.05, 0.1) is 5.69 Å². The number of hydrogen-bond acceptors (Lipinski definition) is 2. The second kappa shape index (κ2) is 4.82. The fraction of sp³-hybridized carbons (Fsp3) is 0.308. The van der Waals surface area contributed by atoms with Crippen LogP contribution in [0.5, 0.6) is 0 Å². The van der Waals surface area contributed by atoms with E-state index >= 15 is 0 Å². The van der Waals surface area contributed by atoms with Crippen LogP contribution < -0.4 is 5.32 Å². The fourth-order valence-electron chi connectivity index (χ4n) is 1.11. The van der Waals surface area contributed by atoms with E-state index < -0.39 is 5.60 Å². The summed E-state index contributed by atoms with van der Waals surface area (Å²) in [5, 5.41) is 12.2. The standard InChI is InChI=1S/C13H15NO2/c1-10(15)14-12-7-5-4-6-11(12)8-9-13(2,3)16/h4-7,16H,1-3H3,(H,14,15). The fourth-order valence-corrected chi connectivity index (χ4v) is 1.11. The predicted octanol–water partition coefficient (Wildman–Crippen LogP) is 1.77. The van der Waals surface area contributed by atoms with Crippen molar-refractivity contribution in [1.29, 1.82) is 0 Å². The molecule has 0 aliphatic heterocycles. The highest BCUT2D eigenvalue weighted by Crippen LogP contribution is 2.13. The van der Waals surface area contributed by atoms with E-state index in [0.29, 0.717) is 11.3 Å². The molecule has 0 radical (unpaired) electrons. The van der Waals surface area contributed by atoms with E-state index in [4.69, 9.17) is 0 Å². The lowest BCUT2D eigenvalue weighted by atomic mass is 10.1. The van der Waals surface area contributed by atoms with Crippen LogP contribution in [0.2, 0.25) is 0 Å². The van der Waals surface area contributed by atoms with Gasteiger partial charge in [-0.25, -0.2) is 0 Å². The van der Waals surface area contributed by atoms with Gasteiger partial charge in [-0.1, -0.05) is 24.0 Å². The average molecular weight is 217 g/mol. The zero-order valence-electron chi connectivity index (χ0n) is 9.66. The number of carbonyl (C=O) groups excluding carboxylic acids is 1. The van der Waals surface area contributed by atoms with Crippen LogP contribution >= 0.6 is 0 Å². The number of para-hydroxylation sites is 1. The monoisotopic (exact) mass is 217 g/mol. The van der Waals surface area contributed by atoms with Crippen molar-refractivity contribution in [2.24, 2.45) is 0 Å². The molecule has 84 valence electrons. The Balaban J connectivity index is 3.03. The topological polar surface area (TPSA) is 49.3 Å². The molecule has 0 heterocycles. The minimum absolute atomic E-state index is 0.141. The third-order valence-electron chi connectivity index (χ3n) is 1.74. The van der Waals surface area contributed by atoms with Gasteiger partial charge in [-0.15, -0.1) is 0 Å². The SMILES string of the molecule is CC(=O)Nc1ccccc1C#CC(C)(C)O. The summed E-state index contributed by atoms with van der Waals surface area (Å²) in [4.78, 5) is 11.0. The minimum atomic E-state index is -1.04. The molecule has 1 aromatic rings. The highest BCUT2D eigenvalue weighted by atomic mass is 16.3. The zero-order valence-corrected chi connectivity index (χ0v) is 9.66. The number of nitrogens with one attached hydrogen (secondary N) is 1. The molecule has 1 rings (SSSR count). The van der Waals surface area contributed by atoms with Crippen molar-refractivity contribution in [3.8, 4) is 11.8 Å². The van der Waals surface area contributed by atoms with Crippen LogP contribution in [0.1, 0.15) is 26.3 Å². The van der Waals surface area contributed by atoms with Gasteiger partial charge in [0.2, 0.25) is 5.91 Å². The molecule has 0 spiro atoms. The number of anilines is 1. The molecule has 16 heavy (non-hydrogen) atoms. The molecule has 2 N–H and O–H groups in total. The molecule has 3 heteroatoms. The van der Waals surface area contributed by atoms with Gasteiger partial charge < -0.3 is 10.4 Å². The molecule has 0 saturated carbocycles. The van der Waals surface area contributed by atoms with Crippen LogP contribution in [-0.2, 0) is 4.79 Å². The first-order chi connectivity index (χ1) is 7.38. The minimum Gasteiger partial charge on any atom is -0.378 e. The van der Waals surface area contributed by atoms with Crippen LogP contribution in [0, 0.1) is 11.8 Å². The molecule has 1 aromatic carbocycles. The van der Waals surface area contributed by atoms with Gasteiger partial charge in [-0.05, 0) is 26.0 Å². The normalized spacial score (nSPS) is 10.2. The first-order valence-electron chi connectivity index (χ1n) is 5.01. The largest absolute Gasteiger partial charge is 0.378 e. The van der Waals surface area contributed by atoms with E-state index in [1.54, 1.807) is 26.0 Å². The summed E-state index contributed by atoms with van der Waals surface area (Å²) < 4.78 is 0. The second-order valence-corrected chi connectivity index (χ2v) is 4.04. The number of hydrogen-bond donors (Lipinski definition) is 2. The van der Waals surface area contributed by atoms with Crippen LogP contribution in [0.25, 0.3) is 0 Å². The third kappa shape index (κ3) is 4.16. The first-order valence-corrected chi connectivity index (χ1v) is 5.01. The third-order valence-corrected chi connectivity index (χ3v) is 1.74. The number of carbonyl (C=O) groups is 1. The smallest absolute Gasteiger partial charge is 0.221 e. The van der Waals surface area contributed by atoms with Gasteiger partial charge in [-0.3, -0.25) is 4.79 Å². The Hall–Kier alpha value is -1.79. The molecule has 0 atom stereocenters. The average Bonchev–Trinajstić information content (AvgIpc) is 2.14. The van der Waals surface area contributed by atoms with E-state index in [1.807, 2.05) is 12.1 Å². The molecule has 0 saturated heterocycles. The maximum Gasteiger partial charge on any atom is 0.221 e. The van der Waals surface area contributed by atoms with Crippen molar-refractivity contribution in [3.63, 3.8) is 0 Å². The predicted molar refractivity (Wildman–Crippen MR) is 63.9 cm³/mol. The molecule has 0 unspecified atom stereocenters.